The second kappa shape index (κ2) is 9.54. The number of rotatable bonds is 5. The van der Waals surface area contributed by atoms with Gasteiger partial charge < -0.3 is 15.0 Å². The molecule has 174 valence electrons. The number of nitrogens with one attached hydrogen (secondary N) is 1. The van der Waals surface area contributed by atoms with Crippen molar-refractivity contribution in [1.82, 2.24) is 9.21 Å². The molecular formula is C22H23N3O6S2. The quantitative estimate of drug-likeness (QED) is 0.638. The minimum absolute atomic E-state index is 0.144. The summed E-state index contributed by atoms with van der Waals surface area (Å²) in [6, 6.07) is 13.0. The monoisotopic (exact) mass is 489 g/mol. The first-order valence-corrected chi connectivity index (χ1v) is 12.8. The number of carbonyl (C=O) groups is 3. The topological polar surface area (TPSA) is 113 Å². The van der Waals surface area contributed by atoms with Gasteiger partial charge in [-0.2, -0.15) is 4.31 Å². The number of hydrogen-bond donors (Lipinski definition) is 1. The maximum Gasteiger partial charge on any atom is 0.338 e. The largest absolute Gasteiger partial charge is 0.449 e. The van der Waals surface area contributed by atoms with Crippen molar-refractivity contribution < 1.29 is 27.5 Å². The summed E-state index contributed by atoms with van der Waals surface area (Å²) in [6.07, 6.45) is -1.03. The molecule has 2 aliphatic rings. The predicted octanol–water partition coefficient (Wildman–Crippen LogP) is 1.81. The number of ether oxygens (including phenoxy) is 1. The van der Waals surface area contributed by atoms with Crippen molar-refractivity contribution in [2.75, 3.05) is 37.2 Å². The minimum Gasteiger partial charge on any atom is -0.449 e. The standard InChI is InChI=1S/C22H23N3O6S2/c1-15(31-22(28)16-7-8-19-18(13-16)23-20(26)14-32-19)21(27)24-9-11-25(12-10-24)33(29,30)17-5-3-2-4-6-17/h2-8,13,15H,9-12,14H2,1H3,(H,23,26). The Morgan fingerprint density at radius 1 is 1.06 bits per heavy atom. The van der Waals surface area contributed by atoms with E-state index in [9.17, 15) is 22.8 Å². The molecule has 0 radical (unpaired) electrons. The molecule has 2 aliphatic heterocycles. The third-order valence-electron chi connectivity index (χ3n) is 5.41. The number of fused-ring (bicyclic) bond motifs is 1. The van der Waals surface area contributed by atoms with Crippen molar-refractivity contribution in [3.63, 3.8) is 0 Å². The molecule has 0 bridgehead atoms. The second-order valence-corrected chi connectivity index (χ2v) is 10.6. The number of benzene rings is 2. The zero-order chi connectivity index (χ0) is 23.6. The molecule has 0 spiro atoms. The summed E-state index contributed by atoms with van der Waals surface area (Å²) in [5.41, 5.74) is 0.774. The fourth-order valence-electron chi connectivity index (χ4n) is 3.64. The Labute approximate surface area is 196 Å². The molecule has 9 nitrogen and oxygen atoms in total. The van der Waals surface area contributed by atoms with Crippen LogP contribution in [0, 0.1) is 0 Å². The number of esters is 1. The highest BCUT2D eigenvalue weighted by molar-refractivity contribution is 8.00. The van der Waals surface area contributed by atoms with Crippen molar-refractivity contribution in [3.05, 3.63) is 54.1 Å². The van der Waals surface area contributed by atoms with Gasteiger partial charge in [-0.25, -0.2) is 13.2 Å². The number of thioether (sulfide) groups is 1. The molecule has 0 saturated carbocycles. The van der Waals surface area contributed by atoms with Gasteiger partial charge in [0.05, 0.1) is 21.9 Å². The first-order valence-electron chi connectivity index (χ1n) is 10.4. The lowest BCUT2D eigenvalue weighted by atomic mass is 10.2. The summed E-state index contributed by atoms with van der Waals surface area (Å²) in [5, 5.41) is 2.71. The van der Waals surface area contributed by atoms with Gasteiger partial charge in [-0.1, -0.05) is 18.2 Å². The lowest BCUT2D eigenvalue weighted by Crippen LogP contribution is -2.52. The van der Waals surface area contributed by atoms with Crippen LogP contribution < -0.4 is 5.32 Å². The van der Waals surface area contributed by atoms with Crippen molar-refractivity contribution >= 4 is 45.3 Å². The van der Waals surface area contributed by atoms with Gasteiger partial charge in [-0.15, -0.1) is 11.8 Å². The molecule has 1 unspecified atom stereocenters. The van der Waals surface area contributed by atoms with E-state index in [2.05, 4.69) is 5.32 Å². The number of amides is 2. The van der Waals surface area contributed by atoms with Gasteiger partial charge in [0.2, 0.25) is 15.9 Å². The summed E-state index contributed by atoms with van der Waals surface area (Å²) in [6.45, 7) is 2.21. The SMILES string of the molecule is CC(OC(=O)c1ccc2c(c1)NC(=O)CS2)C(=O)N1CCN(S(=O)(=O)c2ccccc2)CC1. The summed E-state index contributed by atoms with van der Waals surface area (Å²) in [5.74, 6) is -0.881. The smallest absolute Gasteiger partial charge is 0.338 e. The Kier molecular flexibility index (Phi) is 6.73. The van der Waals surface area contributed by atoms with Gasteiger partial charge in [0.25, 0.3) is 5.91 Å². The average Bonchev–Trinajstić information content (AvgIpc) is 2.83. The number of sulfonamides is 1. The van der Waals surface area contributed by atoms with Gasteiger partial charge in [0, 0.05) is 31.1 Å². The van der Waals surface area contributed by atoms with Crippen LogP contribution in [-0.4, -0.2) is 73.4 Å². The fourth-order valence-corrected chi connectivity index (χ4v) is 5.87. The van der Waals surface area contributed by atoms with Crippen LogP contribution in [0.15, 0.2) is 58.3 Å². The number of hydrogen-bond acceptors (Lipinski definition) is 7. The lowest BCUT2D eigenvalue weighted by molar-refractivity contribution is -0.141. The Hall–Kier alpha value is -2.89. The van der Waals surface area contributed by atoms with Crippen LogP contribution in [0.3, 0.4) is 0 Å². The Balaban J connectivity index is 1.34. The summed E-state index contributed by atoms with van der Waals surface area (Å²) in [7, 11) is -3.62. The second-order valence-electron chi connectivity index (χ2n) is 7.64. The molecule has 2 aromatic rings. The molecule has 1 fully saturated rings. The highest BCUT2D eigenvalue weighted by Gasteiger charge is 2.32. The number of anilines is 1. The van der Waals surface area contributed by atoms with Crippen LogP contribution in [0.2, 0.25) is 0 Å². The third-order valence-corrected chi connectivity index (χ3v) is 8.40. The summed E-state index contributed by atoms with van der Waals surface area (Å²) in [4.78, 5) is 39.5. The Bertz CT molecular complexity index is 1180. The number of carbonyl (C=O) groups excluding carboxylic acids is 3. The van der Waals surface area contributed by atoms with Crippen LogP contribution in [0.1, 0.15) is 17.3 Å². The van der Waals surface area contributed by atoms with E-state index in [0.29, 0.717) is 11.4 Å². The van der Waals surface area contributed by atoms with E-state index in [1.807, 2.05) is 0 Å². The molecule has 2 aromatic carbocycles. The van der Waals surface area contributed by atoms with Crippen LogP contribution in [0.4, 0.5) is 5.69 Å². The Morgan fingerprint density at radius 3 is 2.45 bits per heavy atom. The van der Waals surface area contributed by atoms with E-state index < -0.39 is 22.1 Å². The van der Waals surface area contributed by atoms with E-state index in [-0.39, 0.29) is 48.5 Å². The van der Waals surface area contributed by atoms with E-state index in [1.165, 1.54) is 34.0 Å². The van der Waals surface area contributed by atoms with Gasteiger partial charge in [0.1, 0.15) is 0 Å². The number of piperazine rings is 1. The molecule has 0 aliphatic carbocycles. The van der Waals surface area contributed by atoms with Gasteiger partial charge in [-0.3, -0.25) is 9.59 Å². The number of nitrogens with zero attached hydrogens (tertiary/aromatic N) is 2. The first kappa shape index (κ1) is 23.3. The Morgan fingerprint density at radius 2 is 1.76 bits per heavy atom. The first-order chi connectivity index (χ1) is 15.8. The third kappa shape index (κ3) is 5.05. The summed E-state index contributed by atoms with van der Waals surface area (Å²) < 4.78 is 32.2. The van der Waals surface area contributed by atoms with Crippen molar-refractivity contribution in [2.24, 2.45) is 0 Å². The van der Waals surface area contributed by atoms with Crippen molar-refractivity contribution in [1.29, 1.82) is 0 Å². The average molecular weight is 490 g/mol. The predicted molar refractivity (Wildman–Crippen MR) is 122 cm³/mol. The van der Waals surface area contributed by atoms with Crippen molar-refractivity contribution in [3.8, 4) is 0 Å². The highest BCUT2D eigenvalue weighted by Crippen LogP contribution is 2.32. The van der Waals surface area contributed by atoms with Crippen LogP contribution in [0.25, 0.3) is 0 Å². The van der Waals surface area contributed by atoms with Crippen LogP contribution in [0.5, 0.6) is 0 Å². The van der Waals surface area contributed by atoms with E-state index in [1.54, 1.807) is 42.5 Å². The molecule has 2 heterocycles. The molecular weight excluding hydrogens is 466 g/mol. The van der Waals surface area contributed by atoms with Crippen molar-refractivity contribution in [2.45, 2.75) is 22.8 Å². The molecule has 1 N–H and O–H groups in total. The van der Waals surface area contributed by atoms with Gasteiger partial charge in [0.15, 0.2) is 6.10 Å². The van der Waals surface area contributed by atoms with Crippen LogP contribution in [-0.2, 0) is 24.3 Å². The molecule has 0 aromatic heterocycles. The fraction of sp³-hybridized carbons (Fsp3) is 0.318. The maximum absolute atomic E-state index is 12.8. The zero-order valence-corrected chi connectivity index (χ0v) is 19.5. The van der Waals surface area contributed by atoms with E-state index >= 15 is 0 Å². The minimum atomic E-state index is -3.62. The molecule has 33 heavy (non-hydrogen) atoms. The van der Waals surface area contributed by atoms with E-state index in [4.69, 9.17) is 4.74 Å². The maximum atomic E-state index is 12.8. The van der Waals surface area contributed by atoms with Crippen LogP contribution >= 0.6 is 11.8 Å². The highest BCUT2D eigenvalue weighted by atomic mass is 32.2. The van der Waals surface area contributed by atoms with Gasteiger partial charge >= 0.3 is 5.97 Å². The molecule has 2 amide bonds. The molecule has 1 atom stereocenters. The summed E-state index contributed by atoms with van der Waals surface area (Å²) >= 11 is 1.38. The molecule has 1 saturated heterocycles. The molecule has 11 heteroatoms. The van der Waals surface area contributed by atoms with E-state index in [0.717, 1.165) is 4.90 Å². The zero-order valence-electron chi connectivity index (χ0n) is 17.9. The normalized spacial score (nSPS) is 17.6. The van der Waals surface area contributed by atoms with Gasteiger partial charge in [-0.05, 0) is 37.3 Å². The lowest BCUT2D eigenvalue weighted by Gasteiger charge is -2.35. The molecule has 4 rings (SSSR count).